The molecule has 0 saturated carbocycles. The molecule has 0 atom stereocenters. The SMILES string of the molecule is CC(C)c1ccn(-c2cccc(C(=O)O)n2)n1. The Bertz CT molecular complexity index is 546. The first-order valence-electron chi connectivity index (χ1n) is 5.34. The summed E-state index contributed by atoms with van der Waals surface area (Å²) in [6.07, 6.45) is 1.78. The van der Waals surface area contributed by atoms with Crippen LogP contribution < -0.4 is 0 Å². The Morgan fingerprint density at radius 1 is 1.35 bits per heavy atom. The van der Waals surface area contributed by atoms with Crippen molar-refractivity contribution in [2.75, 3.05) is 0 Å². The van der Waals surface area contributed by atoms with E-state index in [2.05, 4.69) is 10.1 Å². The summed E-state index contributed by atoms with van der Waals surface area (Å²) in [5.41, 5.74) is 0.969. The summed E-state index contributed by atoms with van der Waals surface area (Å²) in [7, 11) is 0. The molecule has 0 saturated heterocycles. The molecule has 5 nitrogen and oxygen atoms in total. The molecule has 0 aliphatic rings. The zero-order valence-corrected chi connectivity index (χ0v) is 9.66. The van der Waals surface area contributed by atoms with E-state index in [0.29, 0.717) is 11.7 Å². The van der Waals surface area contributed by atoms with Gasteiger partial charge in [0.1, 0.15) is 0 Å². The van der Waals surface area contributed by atoms with E-state index in [0.717, 1.165) is 5.69 Å². The molecule has 0 aromatic carbocycles. The van der Waals surface area contributed by atoms with E-state index >= 15 is 0 Å². The second kappa shape index (κ2) is 4.37. The zero-order chi connectivity index (χ0) is 12.4. The molecule has 0 amide bonds. The summed E-state index contributed by atoms with van der Waals surface area (Å²) in [6, 6.07) is 6.74. The van der Waals surface area contributed by atoms with E-state index in [1.807, 2.05) is 19.9 Å². The fourth-order valence-electron chi connectivity index (χ4n) is 1.44. The van der Waals surface area contributed by atoms with Gasteiger partial charge in [0, 0.05) is 6.20 Å². The Kier molecular flexibility index (Phi) is 2.91. The van der Waals surface area contributed by atoms with Gasteiger partial charge < -0.3 is 5.11 Å². The lowest BCUT2D eigenvalue weighted by Crippen LogP contribution is -2.05. The first-order valence-corrected chi connectivity index (χ1v) is 5.34. The molecule has 0 aliphatic carbocycles. The Hall–Kier alpha value is -2.17. The molecular weight excluding hydrogens is 218 g/mol. The highest BCUT2D eigenvalue weighted by atomic mass is 16.4. The smallest absolute Gasteiger partial charge is 0.354 e. The van der Waals surface area contributed by atoms with Crippen molar-refractivity contribution < 1.29 is 9.90 Å². The summed E-state index contributed by atoms with van der Waals surface area (Å²) < 4.78 is 1.59. The summed E-state index contributed by atoms with van der Waals surface area (Å²) in [5.74, 6) is -0.196. The van der Waals surface area contributed by atoms with Gasteiger partial charge in [0.15, 0.2) is 11.5 Å². The van der Waals surface area contributed by atoms with Crippen molar-refractivity contribution in [1.82, 2.24) is 14.8 Å². The lowest BCUT2D eigenvalue weighted by molar-refractivity contribution is 0.0690. The van der Waals surface area contributed by atoms with Crippen LogP contribution >= 0.6 is 0 Å². The standard InChI is InChI=1S/C12H13N3O2/c1-8(2)9-6-7-15(14-9)11-5-3-4-10(13-11)12(16)17/h3-8H,1-2H3,(H,16,17). The number of aromatic nitrogens is 3. The first-order chi connectivity index (χ1) is 8.08. The molecule has 0 unspecified atom stereocenters. The number of carbonyl (C=O) groups is 1. The summed E-state index contributed by atoms with van der Waals surface area (Å²) in [6.45, 7) is 4.10. The predicted molar refractivity (Wildman–Crippen MR) is 62.4 cm³/mol. The van der Waals surface area contributed by atoms with Crippen molar-refractivity contribution in [3.05, 3.63) is 41.9 Å². The van der Waals surface area contributed by atoms with Gasteiger partial charge in [0.05, 0.1) is 5.69 Å². The molecule has 88 valence electrons. The van der Waals surface area contributed by atoms with E-state index in [-0.39, 0.29) is 5.69 Å². The maximum absolute atomic E-state index is 10.8. The van der Waals surface area contributed by atoms with Gasteiger partial charge in [-0.3, -0.25) is 0 Å². The van der Waals surface area contributed by atoms with Crippen molar-refractivity contribution >= 4 is 5.97 Å². The number of pyridine rings is 1. The van der Waals surface area contributed by atoms with Crippen molar-refractivity contribution in [3.8, 4) is 5.82 Å². The average molecular weight is 231 g/mol. The highest BCUT2D eigenvalue weighted by Crippen LogP contribution is 2.13. The van der Waals surface area contributed by atoms with Crippen molar-refractivity contribution in [2.45, 2.75) is 19.8 Å². The van der Waals surface area contributed by atoms with Gasteiger partial charge in [-0.05, 0) is 24.1 Å². The molecule has 1 N–H and O–H groups in total. The van der Waals surface area contributed by atoms with E-state index in [4.69, 9.17) is 5.11 Å². The number of carboxylic acid groups (broad SMARTS) is 1. The van der Waals surface area contributed by atoms with E-state index in [1.165, 1.54) is 6.07 Å². The summed E-state index contributed by atoms with van der Waals surface area (Å²) in [5, 5.41) is 13.2. The number of hydrogen-bond acceptors (Lipinski definition) is 3. The zero-order valence-electron chi connectivity index (χ0n) is 9.66. The molecule has 0 radical (unpaired) electrons. The van der Waals surface area contributed by atoms with Gasteiger partial charge in [0.2, 0.25) is 0 Å². The monoisotopic (exact) mass is 231 g/mol. The Morgan fingerprint density at radius 3 is 2.71 bits per heavy atom. The maximum Gasteiger partial charge on any atom is 0.354 e. The van der Waals surface area contributed by atoms with Gasteiger partial charge in [-0.15, -0.1) is 0 Å². The minimum Gasteiger partial charge on any atom is -0.477 e. The second-order valence-corrected chi connectivity index (χ2v) is 4.03. The molecule has 2 aromatic heterocycles. The van der Waals surface area contributed by atoms with Crippen LogP contribution in [-0.4, -0.2) is 25.8 Å². The summed E-state index contributed by atoms with van der Waals surface area (Å²) in [4.78, 5) is 14.8. The molecule has 17 heavy (non-hydrogen) atoms. The maximum atomic E-state index is 10.8. The van der Waals surface area contributed by atoms with Crippen LogP contribution in [-0.2, 0) is 0 Å². The Morgan fingerprint density at radius 2 is 2.12 bits per heavy atom. The average Bonchev–Trinajstić information content (AvgIpc) is 2.78. The third kappa shape index (κ3) is 2.33. The molecule has 0 fully saturated rings. The van der Waals surface area contributed by atoms with Crippen LogP contribution in [0.5, 0.6) is 0 Å². The normalized spacial score (nSPS) is 10.8. The first kappa shape index (κ1) is 11.3. The fourth-order valence-corrected chi connectivity index (χ4v) is 1.44. The number of aromatic carboxylic acids is 1. The largest absolute Gasteiger partial charge is 0.477 e. The van der Waals surface area contributed by atoms with Crippen LogP contribution in [0.2, 0.25) is 0 Å². The Balaban J connectivity index is 2.38. The van der Waals surface area contributed by atoms with Crippen LogP contribution in [0.1, 0.15) is 35.9 Å². The molecule has 2 aromatic rings. The third-order valence-electron chi connectivity index (χ3n) is 2.39. The summed E-state index contributed by atoms with van der Waals surface area (Å²) >= 11 is 0. The molecule has 2 rings (SSSR count). The van der Waals surface area contributed by atoms with E-state index in [1.54, 1.807) is 23.0 Å². The van der Waals surface area contributed by atoms with E-state index < -0.39 is 5.97 Å². The van der Waals surface area contributed by atoms with Gasteiger partial charge >= 0.3 is 5.97 Å². The topological polar surface area (TPSA) is 68.0 Å². The molecule has 0 spiro atoms. The minimum absolute atomic E-state index is 0.0177. The quantitative estimate of drug-likeness (QED) is 0.878. The molecule has 2 heterocycles. The van der Waals surface area contributed by atoms with Crippen molar-refractivity contribution in [1.29, 1.82) is 0 Å². The van der Waals surface area contributed by atoms with Crippen molar-refractivity contribution in [3.63, 3.8) is 0 Å². The number of nitrogens with zero attached hydrogens (tertiary/aromatic N) is 3. The molecule has 0 bridgehead atoms. The predicted octanol–water partition coefficient (Wildman–Crippen LogP) is 2.09. The van der Waals surface area contributed by atoms with Crippen LogP contribution in [0.15, 0.2) is 30.5 Å². The van der Waals surface area contributed by atoms with Crippen LogP contribution in [0.3, 0.4) is 0 Å². The van der Waals surface area contributed by atoms with Crippen LogP contribution in [0.4, 0.5) is 0 Å². The van der Waals surface area contributed by atoms with Gasteiger partial charge in [-0.1, -0.05) is 19.9 Å². The minimum atomic E-state index is -1.04. The fraction of sp³-hybridized carbons (Fsp3) is 0.250. The van der Waals surface area contributed by atoms with Crippen LogP contribution in [0.25, 0.3) is 5.82 Å². The van der Waals surface area contributed by atoms with Gasteiger partial charge in [-0.25, -0.2) is 14.5 Å². The molecule has 5 heteroatoms. The lowest BCUT2D eigenvalue weighted by Gasteiger charge is -2.02. The highest BCUT2D eigenvalue weighted by molar-refractivity contribution is 5.85. The number of rotatable bonds is 3. The molecular formula is C12H13N3O2. The van der Waals surface area contributed by atoms with Crippen molar-refractivity contribution in [2.24, 2.45) is 0 Å². The Labute approximate surface area is 98.7 Å². The van der Waals surface area contributed by atoms with Gasteiger partial charge in [0.25, 0.3) is 0 Å². The number of carboxylic acids is 1. The highest BCUT2D eigenvalue weighted by Gasteiger charge is 2.08. The lowest BCUT2D eigenvalue weighted by atomic mass is 10.1. The second-order valence-electron chi connectivity index (χ2n) is 4.03. The molecule has 0 aliphatic heterocycles. The van der Waals surface area contributed by atoms with E-state index in [9.17, 15) is 4.79 Å². The third-order valence-corrected chi connectivity index (χ3v) is 2.39. The number of hydrogen-bond donors (Lipinski definition) is 1. The van der Waals surface area contributed by atoms with Gasteiger partial charge in [-0.2, -0.15) is 5.10 Å². The van der Waals surface area contributed by atoms with Crippen LogP contribution in [0, 0.1) is 0 Å².